The van der Waals surface area contributed by atoms with Crippen molar-refractivity contribution in [3.63, 3.8) is 0 Å². The zero-order chi connectivity index (χ0) is 19.9. The molecule has 0 saturated carbocycles. The second-order valence-electron chi connectivity index (χ2n) is 6.17. The van der Waals surface area contributed by atoms with Crippen molar-refractivity contribution in [2.75, 3.05) is 6.61 Å². The van der Waals surface area contributed by atoms with Gasteiger partial charge in [-0.05, 0) is 61.0 Å². The van der Waals surface area contributed by atoms with Crippen LogP contribution < -0.4 is 20.3 Å². The van der Waals surface area contributed by atoms with E-state index in [1.54, 1.807) is 31.2 Å². The third-order valence-electron chi connectivity index (χ3n) is 4.13. The Bertz CT molecular complexity index is 970. The van der Waals surface area contributed by atoms with E-state index in [1.165, 1.54) is 0 Å². The van der Waals surface area contributed by atoms with Crippen LogP contribution in [0.2, 0.25) is 0 Å². The topological polar surface area (TPSA) is 76.7 Å². The van der Waals surface area contributed by atoms with E-state index in [0.717, 1.165) is 10.8 Å². The highest BCUT2D eigenvalue weighted by Crippen LogP contribution is 2.21. The number of hydrogen-bond donors (Lipinski definition) is 2. The molecule has 2 N–H and O–H groups in total. The van der Waals surface area contributed by atoms with Crippen LogP contribution in [0.3, 0.4) is 0 Å². The zero-order valence-electron chi connectivity index (χ0n) is 15.8. The van der Waals surface area contributed by atoms with Gasteiger partial charge >= 0.3 is 0 Å². The van der Waals surface area contributed by atoms with Gasteiger partial charge in [0.05, 0.1) is 6.61 Å². The molecule has 0 heterocycles. The van der Waals surface area contributed by atoms with Crippen LogP contribution in [0.5, 0.6) is 11.5 Å². The molecule has 0 aliphatic carbocycles. The molecule has 0 spiro atoms. The zero-order valence-corrected chi connectivity index (χ0v) is 15.8. The van der Waals surface area contributed by atoms with Gasteiger partial charge in [0.1, 0.15) is 11.5 Å². The fraction of sp³-hybridized carbons (Fsp3) is 0.182. The number of carbonyl (C=O) groups is 2. The Hall–Kier alpha value is -3.54. The first-order valence-corrected chi connectivity index (χ1v) is 9.05. The monoisotopic (exact) mass is 378 g/mol. The number of carbonyl (C=O) groups excluding carboxylic acids is 2. The first-order chi connectivity index (χ1) is 13.6. The SMILES string of the molecule is CCOc1ccc(C(=O)NNC(=O)C(C)Oc2ccc3ccccc3c2)cc1. The second kappa shape index (κ2) is 8.90. The average Bonchev–Trinajstić information content (AvgIpc) is 2.72. The summed E-state index contributed by atoms with van der Waals surface area (Å²) in [5.74, 6) is 0.390. The third kappa shape index (κ3) is 4.79. The van der Waals surface area contributed by atoms with Gasteiger partial charge in [-0.2, -0.15) is 0 Å². The molecule has 2 amide bonds. The lowest BCUT2D eigenvalue weighted by atomic mass is 10.1. The summed E-state index contributed by atoms with van der Waals surface area (Å²) in [5.41, 5.74) is 5.18. The number of hydrogen-bond acceptors (Lipinski definition) is 4. The number of fused-ring (bicyclic) bond motifs is 1. The minimum absolute atomic E-state index is 0.409. The van der Waals surface area contributed by atoms with Gasteiger partial charge in [0, 0.05) is 5.56 Å². The van der Waals surface area contributed by atoms with Gasteiger partial charge in [-0.1, -0.05) is 30.3 Å². The van der Waals surface area contributed by atoms with Crippen molar-refractivity contribution in [1.82, 2.24) is 10.9 Å². The Balaban J connectivity index is 1.53. The highest BCUT2D eigenvalue weighted by Gasteiger charge is 2.16. The maximum absolute atomic E-state index is 12.2. The molecule has 0 aliphatic rings. The number of amides is 2. The lowest BCUT2D eigenvalue weighted by Crippen LogP contribution is -2.47. The summed E-state index contributed by atoms with van der Waals surface area (Å²) in [4.78, 5) is 24.4. The van der Waals surface area contributed by atoms with Crippen molar-refractivity contribution in [2.24, 2.45) is 0 Å². The summed E-state index contributed by atoms with van der Waals surface area (Å²) >= 11 is 0. The van der Waals surface area contributed by atoms with E-state index < -0.39 is 17.9 Å². The first-order valence-electron chi connectivity index (χ1n) is 9.05. The summed E-state index contributed by atoms with van der Waals surface area (Å²) in [6.07, 6.45) is -0.776. The van der Waals surface area contributed by atoms with E-state index in [4.69, 9.17) is 9.47 Å². The lowest BCUT2D eigenvalue weighted by Gasteiger charge is -2.15. The van der Waals surface area contributed by atoms with Gasteiger partial charge in [-0.25, -0.2) is 0 Å². The number of benzene rings is 3. The third-order valence-corrected chi connectivity index (χ3v) is 4.13. The summed E-state index contributed by atoms with van der Waals surface area (Å²) in [5, 5.41) is 2.12. The van der Waals surface area contributed by atoms with E-state index in [-0.39, 0.29) is 0 Å². The lowest BCUT2D eigenvalue weighted by molar-refractivity contribution is -0.128. The average molecular weight is 378 g/mol. The largest absolute Gasteiger partial charge is 0.494 e. The Morgan fingerprint density at radius 2 is 1.57 bits per heavy atom. The van der Waals surface area contributed by atoms with Crippen LogP contribution in [-0.2, 0) is 4.79 Å². The molecule has 0 aromatic heterocycles. The maximum Gasteiger partial charge on any atom is 0.279 e. The smallest absolute Gasteiger partial charge is 0.279 e. The van der Waals surface area contributed by atoms with Crippen molar-refractivity contribution in [3.05, 3.63) is 72.3 Å². The molecule has 6 heteroatoms. The number of ether oxygens (including phenoxy) is 2. The quantitative estimate of drug-likeness (QED) is 0.644. The molecule has 3 aromatic rings. The van der Waals surface area contributed by atoms with Crippen molar-refractivity contribution < 1.29 is 19.1 Å². The molecule has 0 radical (unpaired) electrons. The van der Waals surface area contributed by atoms with Crippen LogP contribution in [-0.4, -0.2) is 24.5 Å². The van der Waals surface area contributed by atoms with E-state index >= 15 is 0 Å². The van der Waals surface area contributed by atoms with Crippen molar-refractivity contribution >= 4 is 22.6 Å². The Kier molecular flexibility index (Phi) is 6.11. The molecule has 6 nitrogen and oxygen atoms in total. The van der Waals surface area contributed by atoms with E-state index in [9.17, 15) is 9.59 Å². The van der Waals surface area contributed by atoms with Crippen molar-refractivity contribution in [3.8, 4) is 11.5 Å². The maximum atomic E-state index is 12.2. The molecule has 0 fully saturated rings. The van der Waals surface area contributed by atoms with Gasteiger partial charge < -0.3 is 9.47 Å². The molecule has 1 unspecified atom stereocenters. The summed E-state index contributed by atoms with van der Waals surface area (Å²) in [6, 6.07) is 20.2. The fourth-order valence-electron chi connectivity index (χ4n) is 2.66. The minimum atomic E-state index is -0.776. The van der Waals surface area contributed by atoms with Crippen LogP contribution in [0.15, 0.2) is 66.7 Å². The second-order valence-corrected chi connectivity index (χ2v) is 6.17. The molecule has 3 rings (SSSR count). The molecular weight excluding hydrogens is 356 g/mol. The van der Waals surface area contributed by atoms with Crippen LogP contribution >= 0.6 is 0 Å². The molecule has 0 aliphatic heterocycles. The molecule has 28 heavy (non-hydrogen) atoms. The number of hydrazine groups is 1. The Morgan fingerprint density at radius 1 is 0.893 bits per heavy atom. The van der Waals surface area contributed by atoms with Gasteiger partial charge in [0.25, 0.3) is 11.8 Å². The standard InChI is InChI=1S/C22H22N2O4/c1-3-27-19-11-9-17(10-12-19)22(26)24-23-21(25)15(2)28-20-13-8-16-6-4-5-7-18(16)14-20/h4-15H,3H2,1-2H3,(H,23,25)(H,24,26). The normalized spacial score (nSPS) is 11.5. The van der Waals surface area contributed by atoms with Gasteiger partial charge in [0.2, 0.25) is 0 Å². The predicted octanol–water partition coefficient (Wildman–Crippen LogP) is 3.47. The number of rotatable bonds is 6. The fourth-order valence-corrected chi connectivity index (χ4v) is 2.66. The van der Waals surface area contributed by atoms with Crippen LogP contribution in [0.4, 0.5) is 0 Å². The van der Waals surface area contributed by atoms with Gasteiger partial charge in [0.15, 0.2) is 6.10 Å². The molecule has 3 aromatic carbocycles. The highest BCUT2D eigenvalue weighted by atomic mass is 16.5. The Labute approximate surface area is 163 Å². The molecule has 0 bridgehead atoms. The van der Waals surface area contributed by atoms with Crippen LogP contribution in [0, 0.1) is 0 Å². The van der Waals surface area contributed by atoms with Crippen LogP contribution in [0.1, 0.15) is 24.2 Å². The molecular formula is C22H22N2O4. The van der Waals surface area contributed by atoms with E-state index in [0.29, 0.717) is 23.7 Å². The predicted molar refractivity (Wildman–Crippen MR) is 107 cm³/mol. The van der Waals surface area contributed by atoms with Crippen molar-refractivity contribution in [2.45, 2.75) is 20.0 Å². The molecule has 0 saturated heterocycles. The minimum Gasteiger partial charge on any atom is -0.494 e. The molecule has 1 atom stereocenters. The van der Waals surface area contributed by atoms with Gasteiger partial charge in [-0.15, -0.1) is 0 Å². The number of nitrogens with one attached hydrogen (secondary N) is 2. The highest BCUT2D eigenvalue weighted by molar-refractivity contribution is 5.95. The van der Waals surface area contributed by atoms with E-state index in [2.05, 4.69) is 10.9 Å². The van der Waals surface area contributed by atoms with Crippen molar-refractivity contribution in [1.29, 1.82) is 0 Å². The summed E-state index contributed by atoms with van der Waals surface area (Å²) < 4.78 is 11.0. The van der Waals surface area contributed by atoms with E-state index in [1.807, 2.05) is 49.4 Å². The molecule has 144 valence electrons. The summed E-state index contributed by atoms with van der Waals surface area (Å²) in [6.45, 7) is 4.06. The van der Waals surface area contributed by atoms with Crippen LogP contribution in [0.25, 0.3) is 10.8 Å². The first kappa shape index (κ1) is 19.2. The van der Waals surface area contributed by atoms with Gasteiger partial charge in [-0.3, -0.25) is 20.4 Å². The summed E-state index contributed by atoms with van der Waals surface area (Å²) in [7, 11) is 0. The Morgan fingerprint density at radius 3 is 2.29 bits per heavy atom.